The Balaban J connectivity index is 2.66. The van der Waals surface area contributed by atoms with Gasteiger partial charge in [-0.1, -0.05) is 43.7 Å². The second-order valence-corrected chi connectivity index (χ2v) is 6.40. The number of rotatable bonds is 10. The first-order valence-corrected chi connectivity index (χ1v) is 8.69. The van der Waals surface area contributed by atoms with Crippen LogP contribution in [0.15, 0.2) is 30.3 Å². The largest absolute Gasteiger partial charge is 0.382 e. The number of nitrogens with one attached hydrogen (secondary N) is 2. The van der Waals surface area contributed by atoms with Crippen LogP contribution in [0, 0.1) is 0 Å². The zero-order valence-electron chi connectivity index (χ0n) is 15.6. The molecule has 0 fully saturated rings. The molecule has 6 N–H and O–H groups in total. The maximum atomic E-state index is 12.4. The molecular weight excluding hydrogens is 336 g/mol. The molecule has 1 aromatic rings. The Bertz CT molecular complexity index is 568. The van der Waals surface area contributed by atoms with Crippen LogP contribution in [0.3, 0.4) is 0 Å². The number of carbonyl (C=O) groups excluding carboxylic acids is 2. The highest BCUT2D eigenvalue weighted by Crippen LogP contribution is 2.15. The van der Waals surface area contributed by atoms with Gasteiger partial charge in [0.25, 0.3) is 5.91 Å². The van der Waals surface area contributed by atoms with Gasteiger partial charge in [-0.05, 0) is 12.0 Å². The third kappa shape index (κ3) is 6.72. The number of nitrogens with zero attached hydrogens (tertiary/aromatic N) is 1. The molecule has 2 unspecified atom stereocenters. The summed E-state index contributed by atoms with van der Waals surface area (Å²) in [5.41, 5.74) is 6.42. The molecule has 0 bridgehead atoms. The topological polar surface area (TPSA) is 128 Å². The summed E-state index contributed by atoms with van der Waals surface area (Å²) in [4.78, 5) is 25.7. The molecule has 146 valence electrons. The molecule has 26 heavy (non-hydrogen) atoms. The predicted molar refractivity (Wildman–Crippen MR) is 98.9 cm³/mol. The van der Waals surface area contributed by atoms with Crippen molar-refractivity contribution in [2.24, 2.45) is 5.73 Å². The van der Waals surface area contributed by atoms with Crippen LogP contribution in [0.5, 0.6) is 0 Å². The fraction of sp³-hybridized carbons (Fsp3) is 0.556. The van der Waals surface area contributed by atoms with E-state index in [1.165, 1.54) is 4.90 Å². The van der Waals surface area contributed by atoms with Gasteiger partial charge in [-0.15, -0.1) is 0 Å². The number of nitrogens with two attached hydrogens (primary N) is 1. The monoisotopic (exact) mass is 366 g/mol. The Morgan fingerprint density at radius 1 is 1.19 bits per heavy atom. The maximum Gasteiger partial charge on any atom is 0.250 e. The summed E-state index contributed by atoms with van der Waals surface area (Å²) in [6.07, 6.45) is -1.25. The van der Waals surface area contributed by atoms with Crippen molar-refractivity contribution in [3.8, 4) is 0 Å². The van der Waals surface area contributed by atoms with Gasteiger partial charge in [0.05, 0.1) is 6.54 Å². The van der Waals surface area contributed by atoms with Crippen LogP contribution in [0.1, 0.15) is 31.4 Å². The highest BCUT2D eigenvalue weighted by Gasteiger charge is 2.26. The van der Waals surface area contributed by atoms with Crippen LogP contribution in [-0.2, 0) is 9.59 Å². The Labute approximate surface area is 154 Å². The van der Waals surface area contributed by atoms with E-state index < -0.39 is 30.3 Å². The van der Waals surface area contributed by atoms with E-state index in [2.05, 4.69) is 10.6 Å². The average molecular weight is 366 g/mol. The molecule has 8 heteroatoms. The molecule has 0 aromatic heterocycles. The van der Waals surface area contributed by atoms with Crippen molar-refractivity contribution in [2.75, 3.05) is 20.6 Å². The van der Waals surface area contributed by atoms with E-state index in [9.17, 15) is 19.8 Å². The number of likely N-dealkylation sites (N-methyl/N-ethyl adjacent to an activating group) is 1. The predicted octanol–water partition coefficient (Wildman–Crippen LogP) is -0.672. The Kier molecular flexibility index (Phi) is 9.22. The molecule has 0 saturated carbocycles. The van der Waals surface area contributed by atoms with E-state index in [4.69, 9.17) is 5.73 Å². The number of aliphatic hydroxyl groups is 2. The second kappa shape index (κ2) is 10.9. The van der Waals surface area contributed by atoms with Crippen molar-refractivity contribution in [1.82, 2.24) is 15.5 Å². The first-order chi connectivity index (χ1) is 12.3. The third-order valence-electron chi connectivity index (χ3n) is 3.95. The molecule has 0 saturated heterocycles. The number of carbonyl (C=O) groups is 2. The lowest BCUT2D eigenvalue weighted by atomic mass is 10.1. The van der Waals surface area contributed by atoms with Gasteiger partial charge in [-0.2, -0.15) is 0 Å². The van der Waals surface area contributed by atoms with Crippen LogP contribution in [-0.4, -0.2) is 65.9 Å². The van der Waals surface area contributed by atoms with Gasteiger partial charge in [0.15, 0.2) is 0 Å². The minimum atomic E-state index is -1.34. The fourth-order valence-electron chi connectivity index (χ4n) is 2.45. The van der Waals surface area contributed by atoms with E-state index in [-0.39, 0.29) is 12.5 Å². The molecule has 1 aromatic carbocycles. The van der Waals surface area contributed by atoms with Crippen molar-refractivity contribution in [1.29, 1.82) is 0 Å². The van der Waals surface area contributed by atoms with Crippen molar-refractivity contribution in [2.45, 2.75) is 44.2 Å². The molecule has 0 heterocycles. The van der Waals surface area contributed by atoms with E-state index in [0.717, 1.165) is 6.42 Å². The lowest BCUT2D eigenvalue weighted by Crippen LogP contribution is -2.51. The molecule has 0 aliphatic rings. The van der Waals surface area contributed by atoms with E-state index in [1.54, 1.807) is 38.4 Å². The van der Waals surface area contributed by atoms with Crippen LogP contribution in [0.4, 0.5) is 0 Å². The molecule has 0 aliphatic heterocycles. The SMILES string of the molecule is CCCC(N)C(O)C(=O)NC[C@@H](O)N[C@H](C(=O)N(C)C)c1ccccc1. The molecular formula is C18H30N4O4. The smallest absolute Gasteiger partial charge is 0.250 e. The molecule has 1 rings (SSSR count). The number of benzene rings is 1. The molecule has 0 spiro atoms. The molecule has 4 atom stereocenters. The lowest BCUT2D eigenvalue weighted by molar-refractivity contribution is -0.132. The Morgan fingerprint density at radius 2 is 1.81 bits per heavy atom. The van der Waals surface area contributed by atoms with Gasteiger partial charge >= 0.3 is 0 Å². The van der Waals surface area contributed by atoms with E-state index in [0.29, 0.717) is 12.0 Å². The van der Waals surface area contributed by atoms with Gasteiger partial charge < -0.3 is 26.2 Å². The number of hydrogen-bond donors (Lipinski definition) is 5. The van der Waals surface area contributed by atoms with E-state index in [1.807, 2.05) is 13.0 Å². The van der Waals surface area contributed by atoms with Gasteiger partial charge in [-0.3, -0.25) is 14.9 Å². The van der Waals surface area contributed by atoms with Gasteiger partial charge in [0.2, 0.25) is 5.91 Å². The van der Waals surface area contributed by atoms with Crippen molar-refractivity contribution < 1.29 is 19.8 Å². The highest BCUT2D eigenvalue weighted by atomic mass is 16.3. The molecule has 0 aliphatic carbocycles. The zero-order chi connectivity index (χ0) is 19.7. The minimum Gasteiger partial charge on any atom is -0.382 e. The third-order valence-corrected chi connectivity index (χ3v) is 3.95. The average Bonchev–Trinajstić information content (AvgIpc) is 2.63. The quantitative estimate of drug-likeness (QED) is 0.349. The summed E-state index contributed by atoms with van der Waals surface area (Å²) in [7, 11) is 3.25. The summed E-state index contributed by atoms with van der Waals surface area (Å²) in [6.45, 7) is 1.74. The summed E-state index contributed by atoms with van der Waals surface area (Å²) in [6, 6.07) is 7.57. The van der Waals surface area contributed by atoms with Gasteiger partial charge in [-0.25, -0.2) is 0 Å². The summed E-state index contributed by atoms with van der Waals surface area (Å²) < 4.78 is 0. The minimum absolute atomic E-state index is 0.168. The van der Waals surface area contributed by atoms with Crippen LogP contribution in [0.25, 0.3) is 0 Å². The van der Waals surface area contributed by atoms with Gasteiger partial charge in [0.1, 0.15) is 18.4 Å². The fourth-order valence-corrected chi connectivity index (χ4v) is 2.45. The highest BCUT2D eigenvalue weighted by molar-refractivity contribution is 5.83. The first-order valence-electron chi connectivity index (χ1n) is 8.69. The van der Waals surface area contributed by atoms with Crippen molar-refractivity contribution in [3.63, 3.8) is 0 Å². The second-order valence-electron chi connectivity index (χ2n) is 6.40. The van der Waals surface area contributed by atoms with Crippen molar-refractivity contribution >= 4 is 11.8 Å². The standard InChI is InChI=1S/C18H30N4O4/c1-4-8-13(19)16(24)17(25)20-11-14(23)21-15(18(26)22(2)3)12-9-6-5-7-10-12/h5-7,9-10,13-16,21,23-24H,4,8,11,19H2,1-3H3,(H,20,25)/t13?,14-,15+,16?/m1/s1. The van der Waals surface area contributed by atoms with E-state index >= 15 is 0 Å². The number of hydrogen-bond acceptors (Lipinski definition) is 6. The summed E-state index contributed by atoms with van der Waals surface area (Å²) in [5, 5.41) is 25.3. The molecule has 2 amide bonds. The lowest BCUT2D eigenvalue weighted by Gasteiger charge is -2.25. The van der Waals surface area contributed by atoms with Crippen LogP contribution < -0.4 is 16.4 Å². The number of amides is 2. The normalized spacial score (nSPS) is 15.6. The van der Waals surface area contributed by atoms with Gasteiger partial charge in [0, 0.05) is 20.1 Å². The van der Waals surface area contributed by atoms with Crippen LogP contribution >= 0.6 is 0 Å². The summed E-state index contributed by atoms with van der Waals surface area (Å²) in [5.74, 6) is -0.881. The zero-order valence-corrected chi connectivity index (χ0v) is 15.6. The van der Waals surface area contributed by atoms with Crippen molar-refractivity contribution in [3.05, 3.63) is 35.9 Å². The first kappa shape index (κ1) is 22.0. The van der Waals surface area contributed by atoms with Crippen LogP contribution in [0.2, 0.25) is 0 Å². The molecule has 0 radical (unpaired) electrons. The molecule has 8 nitrogen and oxygen atoms in total. The number of aliphatic hydroxyl groups excluding tert-OH is 2. The Hall–Kier alpha value is -2.00. The Morgan fingerprint density at radius 3 is 2.35 bits per heavy atom. The maximum absolute atomic E-state index is 12.4. The summed E-state index contributed by atoms with van der Waals surface area (Å²) >= 11 is 0.